The van der Waals surface area contributed by atoms with Crippen molar-refractivity contribution in [3.05, 3.63) is 12.7 Å². The normalized spacial score (nSPS) is 55.6. The van der Waals surface area contributed by atoms with Crippen LogP contribution in [0.25, 0.3) is 0 Å². The van der Waals surface area contributed by atoms with Crippen molar-refractivity contribution in [2.75, 3.05) is 7.11 Å². The van der Waals surface area contributed by atoms with Crippen LogP contribution < -0.4 is 0 Å². The van der Waals surface area contributed by atoms with Crippen LogP contribution in [-0.2, 0) is 14.3 Å². The van der Waals surface area contributed by atoms with E-state index in [9.17, 15) is 4.79 Å². The molecule has 0 radical (unpaired) electrons. The first-order chi connectivity index (χ1) is 11.2. The molecule has 0 amide bonds. The molecule has 1 spiro atoms. The molecule has 0 unspecified atom stereocenters. The minimum Gasteiger partial charge on any atom is -0.469 e. The van der Waals surface area contributed by atoms with Gasteiger partial charge in [-0.2, -0.15) is 0 Å². The molecule has 7 atom stereocenters. The van der Waals surface area contributed by atoms with E-state index in [2.05, 4.69) is 33.4 Å². The van der Waals surface area contributed by atoms with E-state index in [1.807, 2.05) is 0 Å². The summed E-state index contributed by atoms with van der Waals surface area (Å²) in [6.07, 6.45) is 10.1. The Balaban J connectivity index is 1.71. The molecule has 0 aromatic rings. The van der Waals surface area contributed by atoms with Crippen molar-refractivity contribution < 1.29 is 14.3 Å². The van der Waals surface area contributed by atoms with Crippen molar-refractivity contribution in [2.45, 2.75) is 77.4 Å². The molecule has 2 bridgehead atoms. The first-order valence-electron chi connectivity index (χ1n) is 9.64. The molecule has 2 aliphatic heterocycles. The molecule has 0 N–H and O–H groups in total. The summed E-state index contributed by atoms with van der Waals surface area (Å²) in [6, 6.07) is 0. The smallest absolute Gasteiger partial charge is 0.311 e. The van der Waals surface area contributed by atoms with E-state index in [4.69, 9.17) is 9.47 Å². The van der Waals surface area contributed by atoms with Crippen LogP contribution in [0.1, 0.15) is 65.7 Å². The summed E-state index contributed by atoms with van der Waals surface area (Å²) >= 11 is 0. The molecular formula is C21H32O3. The summed E-state index contributed by atoms with van der Waals surface area (Å²) < 4.78 is 11.9. The first-order valence-corrected chi connectivity index (χ1v) is 9.64. The summed E-state index contributed by atoms with van der Waals surface area (Å²) in [7, 11) is 1.54. The summed E-state index contributed by atoms with van der Waals surface area (Å²) in [5, 5.41) is 0. The fourth-order valence-corrected chi connectivity index (χ4v) is 7.41. The number of rotatable bonds is 2. The second kappa shape index (κ2) is 4.87. The van der Waals surface area contributed by atoms with Gasteiger partial charge in [0.05, 0.1) is 24.2 Å². The third kappa shape index (κ3) is 1.80. The van der Waals surface area contributed by atoms with Crippen LogP contribution in [0.15, 0.2) is 12.7 Å². The van der Waals surface area contributed by atoms with E-state index in [1.54, 1.807) is 7.11 Å². The van der Waals surface area contributed by atoms with Crippen molar-refractivity contribution in [3.8, 4) is 0 Å². The predicted molar refractivity (Wildman–Crippen MR) is 93.4 cm³/mol. The average molecular weight is 332 g/mol. The number of ether oxygens (including phenoxy) is 2. The molecule has 2 saturated carbocycles. The van der Waals surface area contributed by atoms with Gasteiger partial charge in [-0.1, -0.05) is 26.3 Å². The molecule has 0 aromatic carbocycles. The molecule has 2 saturated heterocycles. The highest BCUT2D eigenvalue weighted by Gasteiger charge is 2.71. The lowest BCUT2D eigenvalue weighted by molar-refractivity contribution is -0.184. The fraction of sp³-hybridized carbons (Fsp3) is 0.857. The van der Waals surface area contributed by atoms with Gasteiger partial charge in [0.15, 0.2) is 0 Å². The van der Waals surface area contributed by atoms with Crippen molar-refractivity contribution >= 4 is 5.97 Å². The van der Waals surface area contributed by atoms with Gasteiger partial charge in [0.2, 0.25) is 0 Å². The van der Waals surface area contributed by atoms with E-state index in [0.717, 1.165) is 38.5 Å². The summed E-state index contributed by atoms with van der Waals surface area (Å²) in [5.41, 5.74) is 0.0108. The topological polar surface area (TPSA) is 35.5 Å². The monoisotopic (exact) mass is 332 g/mol. The van der Waals surface area contributed by atoms with Gasteiger partial charge in [0.25, 0.3) is 0 Å². The SMILES string of the molecule is C=C[C@]1(C)C[C@@]23CC[C@H]4[C@@](C)(CCC[C@@]4(C)C(=O)OC)[C@H]2C[C@H]1O3. The molecule has 3 nitrogen and oxygen atoms in total. The quantitative estimate of drug-likeness (QED) is 0.551. The number of fused-ring (bicyclic) bond motifs is 3. The highest BCUT2D eigenvalue weighted by Crippen LogP contribution is 2.71. The average Bonchev–Trinajstić information content (AvgIpc) is 3.07. The Labute approximate surface area is 146 Å². The zero-order valence-corrected chi connectivity index (χ0v) is 15.7. The van der Waals surface area contributed by atoms with Crippen LogP contribution >= 0.6 is 0 Å². The Morgan fingerprint density at radius 3 is 2.62 bits per heavy atom. The van der Waals surface area contributed by atoms with Crippen molar-refractivity contribution in [1.82, 2.24) is 0 Å². The largest absolute Gasteiger partial charge is 0.469 e. The van der Waals surface area contributed by atoms with Crippen molar-refractivity contribution in [3.63, 3.8) is 0 Å². The second-order valence-corrected chi connectivity index (χ2v) is 9.71. The summed E-state index contributed by atoms with van der Waals surface area (Å²) in [6.45, 7) is 11.0. The lowest BCUT2D eigenvalue weighted by atomic mass is 9.42. The number of methoxy groups -OCH3 is 1. The molecule has 4 aliphatic rings. The Morgan fingerprint density at radius 1 is 1.21 bits per heavy atom. The van der Waals surface area contributed by atoms with E-state index >= 15 is 0 Å². The van der Waals surface area contributed by atoms with Crippen LogP contribution in [0, 0.1) is 28.1 Å². The highest BCUT2D eigenvalue weighted by atomic mass is 16.5. The third-order valence-corrected chi connectivity index (χ3v) is 8.62. The van der Waals surface area contributed by atoms with Gasteiger partial charge in [-0.25, -0.2) is 0 Å². The van der Waals surface area contributed by atoms with Gasteiger partial charge in [-0.15, -0.1) is 6.58 Å². The van der Waals surface area contributed by atoms with Crippen LogP contribution in [-0.4, -0.2) is 24.8 Å². The van der Waals surface area contributed by atoms with Crippen LogP contribution in [0.4, 0.5) is 0 Å². The number of hydrogen-bond acceptors (Lipinski definition) is 3. The molecular weight excluding hydrogens is 300 g/mol. The first kappa shape index (κ1) is 16.6. The zero-order chi connectivity index (χ0) is 17.4. The maximum Gasteiger partial charge on any atom is 0.311 e. The Morgan fingerprint density at radius 2 is 1.96 bits per heavy atom. The Bertz CT molecular complexity index is 586. The summed E-state index contributed by atoms with van der Waals surface area (Å²) in [4.78, 5) is 12.6. The van der Waals surface area contributed by atoms with E-state index < -0.39 is 0 Å². The van der Waals surface area contributed by atoms with Crippen molar-refractivity contribution in [1.29, 1.82) is 0 Å². The minimum atomic E-state index is -0.326. The molecule has 2 aliphatic carbocycles. The van der Waals surface area contributed by atoms with Crippen molar-refractivity contribution in [2.24, 2.45) is 28.1 Å². The number of esters is 1. The Hall–Kier alpha value is -0.830. The lowest BCUT2D eigenvalue weighted by Gasteiger charge is -2.61. The maximum absolute atomic E-state index is 12.6. The van der Waals surface area contributed by atoms with E-state index in [-0.39, 0.29) is 27.8 Å². The molecule has 2 heterocycles. The summed E-state index contributed by atoms with van der Waals surface area (Å²) in [5.74, 6) is 0.986. The molecule has 134 valence electrons. The van der Waals surface area contributed by atoms with Crippen LogP contribution in [0.3, 0.4) is 0 Å². The van der Waals surface area contributed by atoms with Crippen LogP contribution in [0.2, 0.25) is 0 Å². The molecule has 4 fully saturated rings. The lowest BCUT2D eigenvalue weighted by Crippen LogP contribution is -2.60. The highest BCUT2D eigenvalue weighted by molar-refractivity contribution is 5.77. The third-order valence-electron chi connectivity index (χ3n) is 8.62. The molecule has 0 aromatic heterocycles. The van der Waals surface area contributed by atoms with Gasteiger partial charge < -0.3 is 9.47 Å². The molecule has 24 heavy (non-hydrogen) atoms. The molecule has 4 rings (SSSR count). The maximum atomic E-state index is 12.6. The Kier molecular flexibility index (Phi) is 3.37. The zero-order valence-electron chi connectivity index (χ0n) is 15.7. The minimum absolute atomic E-state index is 0.00520. The number of carbonyl (C=O) groups excluding carboxylic acids is 1. The van der Waals surface area contributed by atoms with E-state index in [1.165, 1.54) is 6.42 Å². The van der Waals surface area contributed by atoms with Gasteiger partial charge in [0, 0.05) is 5.41 Å². The number of hydrogen-bond donors (Lipinski definition) is 0. The van der Waals surface area contributed by atoms with Crippen LogP contribution in [0.5, 0.6) is 0 Å². The fourth-order valence-electron chi connectivity index (χ4n) is 7.41. The number of carbonyl (C=O) groups is 1. The van der Waals surface area contributed by atoms with Gasteiger partial charge in [-0.05, 0) is 62.7 Å². The van der Waals surface area contributed by atoms with Gasteiger partial charge in [-0.3, -0.25) is 4.79 Å². The van der Waals surface area contributed by atoms with Gasteiger partial charge >= 0.3 is 5.97 Å². The van der Waals surface area contributed by atoms with E-state index in [0.29, 0.717) is 17.9 Å². The standard InChI is InChI=1S/C21H32O3/c1-6-18(2)13-21-11-8-14-19(3,15(21)12-16(18)24-21)9-7-10-20(14,4)17(22)23-5/h6,14-16H,1,7-13H2,2-5H3/t14-,15+,16+,18+,19+,20+,21-/m0/s1. The predicted octanol–water partition coefficient (Wildman–Crippen LogP) is 4.51. The second-order valence-electron chi connectivity index (χ2n) is 9.71. The van der Waals surface area contributed by atoms with Gasteiger partial charge in [0.1, 0.15) is 0 Å². The molecule has 3 heteroatoms.